The van der Waals surface area contributed by atoms with E-state index in [-0.39, 0.29) is 36.4 Å². The molecular formula is C32H42N4O3. The molecule has 1 aliphatic rings. The SMILES string of the molecule is COCCN(CC(=O)N1CCn2cccc2C1c1ccc(C)cc1)C(=O)Nc1c(C(C)C)cccc1C(C)C. The molecule has 7 heteroatoms. The topological polar surface area (TPSA) is 66.8 Å². The maximum atomic E-state index is 13.9. The van der Waals surface area contributed by atoms with Crippen molar-refractivity contribution in [1.82, 2.24) is 14.4 Å². The van der Waals surface area contributed by atoms with Crippen molar-refractivity contribution in [2.24, 2.45) is 0 Å². The Balaban J connectivity index is 1.61. The van der Waals surface area contributed by atoms with Gasteiger partial charge in [0.25, 0.3) is 0 Å². The van der Waals surface area contributed by atoms with Crippen LogP contribution in [0.15, 0.2) is 60.8 Å². The van der Waals surface area contributed by atoms with Gasteiger partial charge in [-0.15, -0.1) is 0 Å². The van der Waals surface area contributed by atoms with Crippen LogP contribution in [0.3, 0.4) is 0 Å². The molecule has 0 saturated heterocycles. The number of ether oxygens (including phenoxy) is 1. The first-order valence-electron chi connectivity index (χ1n) is 13.9. The summed E-state index contributed by atoms with van der Waals surface area (Å²) in [7, 11) is 1.61. The number of amides is 3. The first-order valence-corrected chi connectivity index (χ1v) is 13.9. The molecule has 208 valence electrons. The minimum absolute atomic E-state index is 0.0287. The highest BCUT2D eigenvalue weighted by molar-refractivity contribution is 5.94. The second kappa shape index (κ2) is 12.5. The lowest BCUT2D eigenvalue weighted by molar-refractivity contribution is -0.134. The number of methoxy groups -OCH3 is 1. The van der Waals surface area contributed by atoms with Gasteiger partial charge < -0.3 is 24.4 Å². The number of fused-ring (bicyclic) bond motifs is 1. The first kappa shape index (κ1) is 28.4. The molecule has 0 fully saturated rings. The lowest BCUT2D eigenvalue weighted by Gasteiger charge is -2.38. The molecule has 2 heterocycles. The maximum absolute atomic E-state index is 13.9. The van der Waals surface area contributed by atoms with Crippen LogP contribution in [0.4, 0.5) is 10.5 Å². The Morgan fingerprint density at radius 3 is 2.26 bits per heavy atom. The number of nitrogens with one attached hydrogen (secondary N) is 1. The summed E-state index contributed by atoms with van der Waals surface area (Å²) in [5.74, 6) is 0.404. The second-order valence-corrected chi connectivity index (χ2v) is 11.0. The molecular weight excluding hydrogens is 488 g/mol. The van der Waals surface area contributed by atoms with E-state index in [4.69, 9.17) is 4.74 Å². The average Bonchev–Trinajstić information content (AvgIpc) is 3.39. The van der Waals surface area contributed by atoms with Gasteiger partial charge in [-0.25, -0.2) is 4.79 Å². The van der Waals surface area contributed by atoms with E-state index < -0.39 is 0 Å². The summed E-state index contributed by atoms with van der Waals surface area (Å²) in [5, 5.41) is 3.18. The van der Waals surface area contributed by atoms with E-state index in [1.807, 2.05) is 17.0 Å². The summed E-state index contributed by atoms with van der Waals surface area (Å²) >= 11 is 0. The molecule has 1 unspecified atom stereocenters. The van der Waals surface area contributed by atoms with Crippen molar-refractivity contribution < 1.29 is 14.3 Å². The van der Waals surface area contributed by atoms with Crippen LogP contribution in [0.1, 0.15) is 73.5 Å². The summed E-state index contributed by atoms with van der Waals surface area (Å²) in [6, 6.07) is 18.1. The lowest BCUT2D eigenvalue weighted by atomic mass is 9.93. The van der Waals surface area contributed by atoms with Gasteiger partial charge in [-0.2, -0.15) is 0 Å². The number of urea groups is 1. The van der Waals surface area contributed by atoms with Gasteiger partial charge in [-0.05, 0) is 47.6 Å². The van der Waals surface area contributed by atoms with Crippen molar-refractivity contribution in [3.05, 3.63) is 88.7 Å². The molecule has 2 aromatic carbocycles. The van der Waals surface area contributed by atoms with Crippen molar-refractivity contribution in [1.29, 1.82) is 0 Å². The normalized spacial score (nSPS) is 15.0. The fraction of sp³-hybridized carbons (Fsp3) is 0.438. The van der Waals surface area contributed by atoms with Gasteiger partial charge >= 0.3 is 6.03 Å². The van der Waals surface area contributed by atoms with Crippen LogP contribution >= 0.6 is 0 Å². The fourth-order valence-electron chi connectivity index (χ4n) is 5.34. The highest BCUT2D eigenvalue weighted by Crippen LogP contribution is 2.34. The minimum Gasteiger partial charge on any atom is -0.383 e. The molecule has 39 heavy (non-hydrogen) atoms. The number of aromatic nitrogens is 1. The minimum atomic E-state index is -0.289. The summed E-state index contributed by atoms with van der Waals surface area (Å²) in [6.45, 7) is 12.5. The molecule has 0 saturated carbocycles. The van der Waals surface area contributed by atoms with E-state index >= 15 is 0 Å². The second-order valence-electron chi connectivity index (χ2n) is 11.0. The molecule has 0 aliphatic carbocycles. The van der Waals surface area contributed by atoms with Crippen LogP contribution in [0.2, 0.25) is 0 Å². The van der Waals surface area contributed by atoms with Gasteiger partial charge in [0.1, 0.15) is 6.54 Å². The van der Waals surface area contributed by atoms with Gasteiger partial charge in [0.05, 0.1) is 12.6 Å². The number of benzene rings is 2. The van der Waals surface area contributed by atoms with E-state index in [9.17, 15) is 9.59 Å². The monoisotopic (exact) mass is 530 g/mol. The van der Waals surface area contributed by atoms with Crippen molar-refractivity contribution >= 4 is 17.6 Å². The summed E-state index contributed by atoms with van der Waals surface area (Å²) < 4.78 is 7.52. The zero-order valence-corrected chi connectivity index (χ0v) is 24.1. The summed E-state index contributed by atoms with van der Waals surface area (Å²) in [6.07, 6.45) is 2.06. The first-order chi connectivity index (χ1) is 18.7. The number of hydrogen-bond acceptors (Lipinski definition) is 3. The molecule has 1 N–H and O–H groups in total. The molecule has 4 rings (SSSR count). The standard InChI is InChI=1S/C32H42N4O3/c1-22(2)26-9-7-10-27(23(3)4)30(26)33-32(38)35(19-20-39-6)21-29(37)36-18-17-34-16-8-11-28(34)31(36)25-14-12-24(5)13-15-25/h7-16,22-23,31H,17-21H2,1-6H3,(H,33,38). The largest absolute Gasteiger partial charge is 0.383 e. The Morgan fingerprint density at radius 1 is 0.974 bits per heavy atom. The molecule has 0 spiro atoms. The number of aryl methyl sites for hydroxylation is 1. The number of carbonyl (C=O) groups is 2. The number of para-hydroxylation sites is 1. The van der Waals surface area contributed by atoms with Crippen LogP contribution < -0.4 is 5.32 Å². The number of nitrogens with zero attached hydrogens (tertiary/aromatic N) is 3. The van der Waals surface area contributed by atoms with Crippen molar-refractivity contribution in [3.63, 3.8) is 0 Å². The number of hydrogen-bond donors (Lipinski definition) is 1. The van der Waals surface area contributed by atoms with Gasteiger partial charge in [-0.3, -0.25) is 4.79 Å². The molecule has 3 amide bonds. The smallest absolute Gasteiger partial charge is 0.322 e. The van der Waals surface area contributed by atoms with Crippen LogP contribution in [0.25, 0.3) is 0 Å². The number of carbonyl (C=O) groups excluding carboxylic acids is 2. The number of anilines is 1. The highest BCUT2D eigenvalue weighted by atomic mass is 16.5. The van der Waals surface area contributed by atoms with Crippen molar-refractivity contribution in [3.8, 4) is 0 Å². The van der Waals surface area contributed by atoms with Gasteiger partial charge in [0.2, 0.25) is 5.91 Å². The summed E-state index contributed by atoms with van der Waals surface area (Å²) in [5.41, 5.74) is 6.34. The van der Waals surface area contributed by atoms with Crippen LogP contribution in [-0.4, -0.2) is 59.7 Å². The number of rotatable bonds is 9. The molecule has 1 aromatic heterocycles. The Kier molecular flexibility index (Phi) is 9.12. The Morgan fingerprint density at radius 2 is 1.64 bits per heavy atom. The lowest BCUT2D eigenvalue weighted by Crippen LogP contribution is -2.49. The van der Waals surface area contributed by atoms with Crippen LogP contribution in [-0.2, 0) is 16.1 Å². The third-order valence-electron chi connectivity index (χ3n) is 7.54. The van der Waals surface area contributed by atoms with Gasteiger partial charge in [-0.1, -0.05) is 75.7 Å². The van der Waals surface area contributed by atoms with Crippen molar-refractivity contribution in [2.75, 3.05) is 38.7 Å². The molecule has 1 aliphatic heterocycles. The summed E-state index contributed by atoms with van der Waals surface area (Å²) in [4.78, 5) is 31.1. The molecule has 7 nitrogen and oxygen atoms in total. The molecule has 0 radical (unpaired) electrons. The van der Waals surface area contributed by atoms with Gasteiger partial charge in [0, 0.05) is 44.3 Å². The maximum Gasteiger partial charge on any atom is 0.322 e. The van der Waals surface area contributed by atoms with Crippen molar-refractivity contribution in [2.45, 2.75) is 59.0 Å². The average molecular weight is 531 g/mol. The molecule has 1 atom stereocenters. The van der Waals surface area contributed by atoms with E-state index in [1.54, 1.807) is 12.0 Å². The zero-order chi connectivity index (χ0) is 28.1. The Hall–Kier alpha value is -3.58. The fourth-order valence-corrected chi connectivity index (χ4v) is 5.34. The highest BCUT2D eigenvalue weighted by Gasteiger charge is 2.33. The van der Waals surface area contributed by atoms with Crippen LogP contribution in [0.5, 0.6) is 0 Å². The Bertz CT molecular complexity index is 1250. The third-order valence-corrected chi connectivity index (χ3v) is 7.54. The molecule has 0 bridgehead atoms. The van der Waals surface area contributed by atoms with Crippen LogP contribution in [0, 0.1) is 6.92 Å². The Labute approximate surface area is 232 Å². The van der Waals surface area contributed by atoms with E-state index in [0.29, 0.717) is 19.7 Å². The predicted octanol–water partition coefficient (Wildman–Crippen LogP) is 6.16. The van der Waals surface area contributed by atoms with E-state index in [0.717, 1.165) is 34.6 Å². The van der Waals surface area contributed by atoms with E-state index in [1.165, 1.54) is 5.56 Å². The van der Waals surface area contributed by atoms with Gasteiger partial charge in [0.15, 0.2) is 0 Å². The van der Waals surface area contributed by atoms with E-state index in [2.05, 4.69) is 93.2 Å². The predicted molar refractivity (Wildman–Crippen MR) is 156 cm³/mol. The quantitative estimate of drug-likeness (QED) is 0.361. The zero-order valence-electron chi connectivity index (χ0n) is 24.1. The third kappa shape index (κ3) is 6.36. The molecule has 3 aromatic rings.